The van der Waals surface area contributed by atoms with E-state index in [1.165, 1.54) is 12.1 Å². The average molecular weight is 552 g/mol. The molecule has 0 unspecified atom stereocenters. The molecular weight excluding hydrogens is 535 g/mol. The Morgan fingerprint density at radius 3 is 2.32 bits per heavy atom. The van der Waals surface area contributed by atoms with Crippen LogP contribution in [0.4, 0.5) is 22.0 Å². The lowest BCUT2D eigenvalue weighted by Gasteiger charge is -2.10. The third-order valence-corrected chi connectivity index (χ3v) is 5.00. The van der Waals surface area contributed by atoms with E-state index in [0.29, 0.717) is 23.7 Å². The number of benzene rings is 2. The Labute approximate surface area is 212 Å². The molecule has 3 aromatic rings. The second-order valence-electron chi connectivity index (χ2n) is 8.01. The molecule has 0 saturated heterocycles. The van der Waals surface area contributed by atoms with Gasteiger partial charge in [0, 0.05) is 24.0 Å². The lowest BCUT2D eigenvalue weighted by Crippen LogP contribution is -2.07. The van der Waals surface area contributed by atoms with E-state index in [0.717, 1.165) is 12.1 Å². The minimum atomic E-state index is -4.75. The fraction of sp³-hybridized carbons (Fsp3) is 0.125. The second kappa shape index (κ2) is 10.3. The molecule has 14 heteroatoms. The van der Waals surface area contributed by atoms with Crippen molar-refractivity contribution < 1.29 is 39.4 Å². The summed E-state index contributed by atoms with van der Waals surface area (Å²) in [6.07, 6.45) is -0.687. The van der Waals surface area contributed by atoms with Crippen molar-refractivity contribution in [1.82, 2.24) is 19.7 Å². The molecule has 0 atom stereocenters. The zero-order valence-corrected chi connectivity index (χ0v) is 20.1. The molecular formula is C24H17F5N4O4S. The average Bonchev–Trinajstić information content (AvgIpc) is 3.44. The van der Waals surface area contributed by atoms with Crippen molar-refractivity contribution in [3.05, 3.63) is 89.9 Å². The lowest BCUT2D eigenvalue weighted by atomic mass is 10.0. The fourth-order valence-electron chi connectivity index (χ4n) is 3.48. The molecule has 0 bridgehead atoms. The van der Waals surface area contributed by atoms with Gasteiger partial charge in [-0.3, -0.25) is 4.55 Å². The first-order chi connectivity index (χ1) is 17.8. The quantitative estimate of drug-likeness (QED) is 0.230. The van der Waals surface area contributed by atoms with Crippen molar-refractivity contribution in [3.8, 4) is 34.0 Å². The summed E-state index contributed by atoms with van der Waals surface area (Å²) in [5.74, 6) is -0.905. The number of hydrogen-bond acceptors (Lipinski definition) is 6. The van der Waals surface area contributed by atoms with E-state index in [4.69, 9.17) is 9.08 Å². The van der Waals surface area contributed by atoms with E-state index in [1.807, 2.05) is 0 Å². The van der Waals surface area contributed by atoms with Crippen LogP contribution in [-0.4, -0.2) is 38.9 Å². The van der Waals surface area contributed by atoms with Crippen LogP contribution in [0.2, 0.25) is 0 Å². The van der Waals surface area contributed by atoms with Gasteiger partial charge in [0.15, 0.2) is 11.6 Å². The van der Waals surface area contributed by atoms with Gasteiger partial charge in [0.2, 0.25) is 0 Å². The molecule has 0 saturated carbocycles. The summed E-state index contributed by atoms with van der Waals surface area (Å²) in [5.41, 5.74) is -0.133. The maximum absolute atomic E-state index is 14.0. The summed E-state index contributed by atoms with van der Waals surface area (Å²) < 4.78 is 100. The second-order valence-corrected chi connectivity index (χ2v) is 9.48. The maximum atomic E-state index is 14.0. The molecule has 198 valence electrons. The van der Waals surface area contributed by atoms with E-state index in [2.05, 4.69) is 15.1 Å². The van der Waals surface area contributed by atoms with Gasteiger partial charge in [-0.1, -0.05) is 17.3 Å². The Hall–Kier alpha value is -4.17. The standard InChI is InChI=1S/C23H13F5N4O.CH4O3S/c24-13-5-6-15(17(9-13)23(26,27)28)20-10-14(33-31-20)11-32-8-7-19-21(12-32)30-22(29-19)16-3-1-2-4-18(16)25;1-5(2,3)4/h1-10,12H,11H2;1H3,(H,2,3,4). The summed E-state index contributed by atoms with van der Waals surface area (Å²) in [6.45, 7) is 0.146. The van der Waals surface area contributed by atoms with Crippen LogP contribution in [0.5, 0.6) is 0 Å². The number of rotatable bonds is 4. The van der Waals surface area contributed by atoms with Crippen molar-refractivity contribution in [3.63, 3.8) is 0 Å². The summed E-state index contributed by atoms with van der Waals surface area (Å²) >= 11 is 0. The first kappa shape index (κ1) is 26.9. The number of fused-ring (bicyclic) bond motifs is 1. The van der Waals surface area contributed by atoms with Crippen molar-refractivity contribution in [2.24, 2.45) is 0 Å². The monoisotopic (exact) mass is 552 g/mol. The minimum Gasteiger partial charge on any atom is -0.359 e. The first-order valence-electron chi connectivity index (χ1n) is 10.6. The van der Waals surface area contributed by atoms with Gasteiger partial charge in [-0.2, -0.15) is 21.6 Å². The Morgan fingerprint density at radius 2 is 1.63 bits per heavy atom. The van der Waals surface area contributed by atoms with Crippen molar-refractivity contribution in [1.29, 1.82) is 0 Å². The smallest absolute Gasteiger partial charge is 0.359 e. The third kappa shape index (κ3) is 6.58. The van der Waals surface area contributed by atoms with Crippen LogP contribution in [0.25, 0.3) is 34.0 Å². The molecule has 3 heterocycles. The highest BCUT2D eigenvalue weighted by Gasteiger charge is 2.35. The number of hydrogen-bond donors (Lipinski definition) is 1. The first-order valence-corrected chi connectivity index (χ1v) is 12.5. The van der Waals surface area contributed by atoms with Crippen LogP contribution < -0.4 is 0 Å². The molecule has 5 rings (SSSR count). The SMILES string of the molecule is CS(=O)(=O)O.Fc1ccc(-c2cc(Cn3ccc4nc(-c5ccccc5F)nc-4c3)on2)c(C(F)(F)F)c1. The number of pyridine rings is 1. The molecule has 8 nitrogen and oxygen atoms in total. The molecule has 0 radical (unpaired) electrons. The van der Waals surface area contributed by atoms with E-state index < -0.39 is 33.5 Å². The molecule has 1 N–H and O–H groups in total. The number of imidazole rings is 1. The minimum absolute atomic E-state index is 0.0612. The van der Waals surface area contributed by atoms with Crippen LogP contribution in [0.1, 0.15) is 11.3 Å². The zero-order valence-electron chi connectivity index (χ0n) is 19.3. The molecule has 2 aliphatic rings. The summed E-state index contributed by atoms with van der Waals surface area (Å²) in [5, 5.41) is 3.72. The Balaban J connectivity index is 0.000000617. The molecule has 2 aromatic carbocycles. The molecule has 0 amide bonds. The normalized spacial score (nSPS) is 11.9. The Bertz CT molecular complexity index is 1660. The van der Waals surface area contributed by atoms with Gasteiger partial charge >= 0.3 is 6.18 Å². The third-order valence-electron chi connectivity index (χ3n) is 5.00. The van der Waals surface area contributed by atoms with Crippen LogP contribution in [0, 0.1) is 11.6 Å². The van der Waals surface area contributed by atoms with Gasteiger partial charge in [-0.15, -0.1) is 0 Å². The maximum Gasteiger partial charge on any atom is 0.417 e. The summed E-state index contributed by atoms with van der Waals surface area (Å²) in [6, 6.07) is 11.6. The topological polar surface area (TPSA) is 111 Å². The summed E-state index contributed by atoms with van der Waals surface area (Å²) in [4.78, 5) is 8.71. The lowest BCUT2D eigenvalue weighted by molar-refractivity contribution is -0.137. The highest BCUT2D eigenvalue weighted by atomic mass is 32.2. The van der Waals surface area contributed by atoms with Crippen molar-refractivity contribution in [2.45, 2.75) is 12.7 Å². The van der Waals surface area contributed by atoms with E-state index >= 15 is 0 Å². The molecule has 38 heavy (non-hydrogen) atoms. The highest BCUT2D eigenvalue weighted by Crippen LogP contribution is 2.37. The van der Waals surface area contributed by atoms with E-state index in [1.54, 1.807) is 41.2 Å². The fourth-order valence-corrected chi connectivity index (χ4v) is 3.48. The molecule has 0 spiro atoms. The van der Waals surface area contributed by atoms with Crippen LogP contribution in [-0.2, 0) is 22.8 Å². The molecule has 1 aromatic heterocycles. The van der Waals surface area contributed by atoms with Crippen molar-refractivity contribution >= 4 is 10.1 Å². The molecule has 0 fully saturated rings. The molecule has 2 aliphatic heterocycles. The Kier molecular flexibility index (Phi) is 7.29. The number of halogens is 5. The van der Waals surface area contributed by atoms with E-state index in [9.17, 15) is 30.4 Å². The van der Waals surface area contributed by atoms with Crippen LogP contribution in [0.3, 0.4) is 0 Å². The zero-order chi connectivity index (χ0) is 27.7. The summed E-state index contributed by atoms with van der Waals surface area (Å²) in [7, 11) is -3.67. The number of nitrogens with zero attached hydrogens (tertiary/aromatic N) is 4. The predicted octanol–water partition coefficient (Wildman–Crippen LogP) is 5.55. The largest absolute Gasteiger partial charge is 0.417 e. The van der Waals surface area contributed by atoms with Gasteiger partial charge in [0.1, 0.15) is 23.0 Å². The van der Waals surface area contributed by atoms with Gasteiger partial charge < -0.3 is 9.09 Å². The number of aromatic nitrogens is 4. The number of alkyl halides is 3. The predicted molar refractivity (Wildman–Crippen MR) is 126 cm³/mol. The van der Waals surface area contributed by atoms with Crippen LogP contribution in [0.15, 0.2) is 71.5 Å². The van der Waals surface area contributed by atoms with Gasteiger partial charge in [0.05, 0.1) is 29.6 Å². The Morgan fingerprint density at radius 1 is 0.947 bits per heavy atom. The van der Waals surface area contributed by atoms with Gasteiger partial charge in [0.25, 0.3) is 10.1 Å². The molecule has 0 aliphatic carbocycles. The van der Waals surface area contributed by atoms with Gasteiger partial charge in [-0.25, -0.2) is 18.7 Å². The van der Waals surface area contributed by atoms with Crippen LogP contribution >= 0.6 is 0 Å². The van der Waals surface area contributed by atoms with Gasteiger partial charge in [-0.05, 0) is 36.4 Å². The van der Waals surface area contributed by atoms with Crippen molar-refractivity contribution in [2.75, 3.05) is 6.26 Å². The highest BCUT2D eigenvalue weighted by molar-refractivity contribution is 7.85. The van der Waals surface area contributed by atoms with E-state index in [-0.39, 0.29) is 35.0 Å².